The summed E-state index contributed by atoms with van der Waals surface area (Å²) < 4.78 is 51.1. The number of hydrogen-bond acceptors (Lipinski definition) is 2. The molecule has 0 aromatic carbocycles. The fraction of sp³-hybridized carbons (Fsp3) is 0.286. The van der Waals surface area contributed by atoms with E-state index >= 15 is 0 Å². The number of ether oxygens (including phenoxy) is 1. The second-order valence-electron chi connectivity index (χ2n) is 2.51. The van der Waals surface area contributed by atoms with Crippen molar-refractivity contribution in [2.24, 2.45) is 0 Å². The molecule has 0 amide bonds. The Morgan fingerprint density at radius 1 is 1.43 bits per heavy atom. The van der Waals surface area contributed by atoms with Crippen LogP contribution in [0.25, 0.3) is 0 Å². The van der Waals surface area contributed by atoms with Crippen LogP contribution in [0.5, 0.6) is 5.75 Å². The Balaban J connectivity index is 3.16. The van der Waals surface area contributed by atoms with Crippen molar-refractivity contribution in [3.8, 4) is 5.75 Å². The van der Waals surface area contributed by atoms with Crippen LogP contribution in [-0.4, -0.2) is 11.3 Å². The molecule has 0 bridgehead atoms. The van der Waals surface area contributed by atoms with E-state index in [2.05, 4.69) is 4.74 Å². The largest absolute Gasteiger partial charge is 0.573 e. The van der Waals surface area contributed by atoms with E-state index in [9.17, 15) is 22.4 Å². The lowest BCUT2D eigenvalue weighted by Crippen LogP contribution is -2.24. The molecule has 14 heavy (non-hydrogen) atoms. The summed E-state index contributed by atoms with van der Waals surface area (Å²) in [6.07, 6.45) is -4.96. The number of aromatic amines is 1. The highest BCUT2D eigenvalue weighted by molar-refractivity contribution is 5.28. The minimum Gasteiger partial charge on any atom is -0.400 e. The average molecular weight is 211 g/mol. The molecule has 0 aliphatic carbocycles. The van der Waals surface area contributed by atoms with Crippen molar-refractivity contribution in [3.05, 3.63) is 27.9 Å². The van der Waals surface area contributed by atoms with Crippen molar-refractivity contribution in [2.75, 3.05) is 0 Å². The normalized spacial score (nSPS) is 11.5. The summed E-state index contributed by atoms with van der Waals surface area (Å²) in [4.78, 5) is 12.4. The quantitative estimate of drug-likeness (QED) is 0.567. The van der Waals surface area contributed by atoms with Crippen molar-refractivity contribution in [1.29, 1.82) is 0 Å². The zero-order valence-corrected chi connectivity index (χ0v) is 6.91. The molecule has 0 spiro atoms. The first-order valence-electron chi connectivity index (χ1n) is 3.45. The van der Waals surface area contributed by atoms with Gasteiger partial charge in [0, 0.05) is 5.56 Å². The highest BCUT2D eigenvalue weighted by Gasteiger charge is 2.33. The van der Waals surface area contributed by atoms with Crippen LogP contribution in [0.3, 0.4) is 0 Å². The van der Waals surface area contributed by atoms with Crippen LogP contribution in [-0.2, 0) is 0 Å². The van der Waals surface area contributed by atoms with Gasteiger partial charge in [-0.3, -0.25) is 9.78 Å². The van der Waals surface area contributed by atoms with E-state index in [-0.39, 0.29) is 5.56 Å². The predicted octanol–water partition coefficient (Wildman–Crippen LogP) is 1.72. The lowest BCUT2D eigenvalue weighted by molar-refractivity contribution is -0.275. The summed E-state index contributed by atoms with van der Waals surface area (Å²) in [5.41, 5.74) is -1.47. The number of aryl methyl sites for hydroxylation is 1. The van der Waals surface area contributed by atoms with Gasteiger partial charge in [-0.1, -0.05) is 0 Å². The van der Waals surface area contributed by atoms with Gasteiger partial charge in [-0.15, -0.1) is 13.2 Å². The Bertz CT molecular complexity index is 396. The first-order chi connectivity index (χ1) is 6.29. The Labute approximate surface area is 75.3 Å². The Morgan fingerprint density at radius 2 is 2.00 bits per heavy atom. The summed E-state index contributed by atoms with van der Waals surface area (Å²) in [6, 6.07) is 0.739. The molecule has 0 saturated carbocycles. The highest BCUT2D eigenvalue weighted by Crippen LogP contribution is 2.22. The molecular weight excluding hydrogens is 206 g/mol. The molecule has 1 aromatic rings. The molecule has 0 radical (unpaired) electrons. The van der Waals surface area contributed by atoms with Gasteiger partial charge in [-0.2, -0.15) is 4.39 Å². The Morgan fingerprint density at radius 3 is 2.43 bits per heavy atom. The van der Waals surface area contributed by atoms with Crippen LogP contribution in [0.15, 0.2) is 10.9 Å². The fourth-order valence-electron chi connectivity index (χ4n) is 0.879. The maximum Gasteiger partial charge on any atom is 0.573 e. The van der Waals surface area contributed by atoms with Crippen molar-refractivity contribution in [1.82, 2.24) is 4.98 Å². The van der Waals surface area contributed by atoms with E-state index in [1.165, 1.54) is 0 Å². The van der Waals surface area contributed by atoms with Crippen molar-refractivity contribution < 1.29 is 22.3 Å². The minimum atomic E-state index is -4.96. The van der Waals surface area contributed by atoms with E-state index in [4.69, 9.17) is 0 Å². The number of H-pyrrole nitrogens is 1. The summed E-state index contributed by atoms with van der Waals surface area (Å²) >= 11 is 0. The molecule has 3 nitrogen and oxygen atoms in total. The Hall–Kier alpha value is -1.53. The monoisotopic (exact) mass is 211 g/mol. The minimum absolute atomic E-state index is 0.219. The molecular formula is C7H5F4NO2. The van der Waals surface area contributed by atoms with Gasteiger partial charge in [-0.05, 0) is 13.0 Å². The van der Waals surface area contributed by atoms with Gasteiger partial charge in [0.25, 0.3) is 5.56 Å². The van der Waals surface area contributed by atoms with Gasteiger partial charge in [0.15, 0.2) is 11.7 Å². The highest BCUT2D eigenvalue weighted by atomic mass is 19.4. The first kappa shape index (κ1) is 10.6. The second kappa shape index (κ2) is 3.32. The predicted molar refractivity (Wildman–Crippen MR) is 38.4 cm³/mol. The van der Waals surface area contributed by atoms with Crippen molar-refractivity contribution >= 4 is 0 Å². The van der Waals surface area contributed by atoms with E-state index < -0.39 is 23.6 Å². The van der Waals surface area contributed by atoms with E-state index in [0.717, 1.165) is 13.0 Å². The number of aromatic nitrogens is 1. The molecule has 0 atom stereocenters. The molecule has 78 valence electrons. The zero-order valence-electron chi connectivity index (χ0n) is 6.91. The van der Waals surface area contributed by atoms with Gasteiger partial charge >= 0.3 is 6.36 Å². The molecule has 0 saturated heterocycles. The third-order valence-corrected chi connectivity index (χ3v) is 1.36. The average Bonchev–Trinajstić information content (AvgIpc) is 1.95. The molecule has 1 rings (SSSR count). The van der Waals surface area contributed by atoms with Crippen molar-refractivity contribution in [3.63, 3.8) is 0 Å². The number of rotatable bonds is 1. The lowest BCUT2D eigenvalue weighted by atomic mass is 10.3. The zero-order chi connectivity index (χ0) is 10.9. The van der Waals surface area contributed by atoms with E-state index in [0.29, 0.717) is 0 Å². The van der Waals surface area contributed by atoms with Gasteiger partial charge in [0.2, 0.25) is 0 Å². The van der Waals surface area contributed by atoms with Gasteiger partial charge < -0.3 is 4.74 Å². The van der Waals surface area contributed by atoms with Crippen LogP contribution in [0.2, 0.25) is 0 Å². The smallest absolute Gasteiger partial charge is 0.400 e. The van der Waals surface area contributed by atoms with Gasteiger partial charge in [-0.25, -0.2) is 0 Å². The molecule has 1 heterocycles. The maximum absolute atomic E-state index is 12.4. The van der Waals surface area contributed by atoms with E-state index in [1.807, 2.05) is 0 Å². The standard InChI is InChI=1S/C7H5F4NO2/c1-3-2-4(8)12-6(13)5(3)14-7(9,10)11/h2H,1H3,(H,12,13). The molecule has 0 fully saturated rings. The molecule has 1 aromatic heterocycles. The summed E-state index contributed by atoms with van der Waals surface area (Å²) in [7, 11) is 0. The molecule has 1 N–H and O–H groups in total. The number of nitrogens with one attached hydrogen (secondary N) is 1. The van der Waals surface area contributed by atoms with Crippen LogP contribution >= 0.6 is 0 Å². The third-order valence-electron chi connectivity index (χ3n) is 1.36. The summed E-state index contributed by atoms with van der Waals surface area (Å²) in [5.74, 6) is -1.96. The molecule has 0 aliphatic rings. The lowest BCUT2D eigenvalue weighted by Gasteiger charge is -2.09. The third kappa shape index (κ3) is 2.48. The molecule has 0 unspecified atom stereocenters. The van der Waals surface area contributed by atoms with Crippen LogP contribution in [0, 0.1) is 12.9 Å². The van der Waals surface area contributed by atoms with Crippen molar-refractivity contribution in [2.45, 2.75) is 13.3 Å². The number of pyridine rings is 1. The number of hydrogen-bond donors (Lipinski definition) is 1. The van der Waals surface area contributed by atoms with Crippen LogP contribution < -0.4 is 10.3 Å². The van der Waals surface area contributed by atoms with E-state index in [1.54, 1.807) is 4.98 Å². The molecule has 7 heteroatoms. The second-order valence-corrected chi connectivity index (χ2v) is 2.51. The van der Waals surface area contributed by atoms with Gasteiger partial charge in [0.05, 0.1) is 0 Å². The topological polar surface area (TPSA) is 42.1 Å². The summed E-state index contributed by atoms with van der Waals surface area (Å²) in [5, 5.41) is 0. The van der Waals surface area contributed by atoms with Crippen LogP contribution in [0.4, 0.5) is 17.6 Å². The van der Waals surface area contributed by atoms with Gasteiger partial charge in [0.1, 0.15) is 0 Å². The fourth-order valence-corrected chi connectivity index (χ4v) is 0.879. The van der Waals surface area contributed by atoms with Crippen LogP contribution in [0.1, 0.15) is 5.56 Å². The summed E-state index contributed by atoms with van der Waals surface area (Å²) in [6.45, 7) is 1.14. The Kier molecular flexibility index (Phi) is 2.50. The number of alkyl halides is 3. The number of halogens is 4. The maximum atomic E-state index is 12.4. The molecule has 0 aliphatic heterocycles. The first-order valence-corrected chi connectivity index (χ1v) is 3.45. The SMILES string of the molecule is Cc1cc(F)[nH]c(=O)c1OC(F)(F)F.